The van der Waals surface area contributed by atoms with Gasteiger partial charge >= 0.3 is 0 Å². The lowest BCUT2D eigenvalue weighted by Crippen LogP contribution is -2.46. The molecule has 5 nitrogen and oxygen atoms in total. The Kier molecular flexibility index (Phi) is 28.4. The van der Waals surface area contributed by atoms with E-state index in [0.29, 0.717) is 0 Å². The van der Waals surface area contributed by atoms with Crippen LogP contribution in [0.4, 0.5) is 0 Å². The second-order valence-electron chi connectivity index (χ2n) is 9.95. The molecule has 32 heavy (non-hydrogen) atoms. The summed E-state index contributed by atoms with van der Waals surface area (Å²) >= 11 is 0. The first-order valence-corrected chi connectivity index (χ1v) is 14.9. The molecule has 0 heterocycles. The van der Waals surface area contributed by atoms with Gasteiger partial charge in [0.05, 0.1) is 53.4 Å². The van der Waals surface area contributed by atoms with Gasteiger partial charge < -0.3 is 23.0 Å². The second kappa shape index (κ2) is 25.2. The minimum absolute atomic E-state index is 1.32. The van der Waals surface area contributed by atoms with E-state index in [1.165, 1.54) is 125 Å². The Morgan fingerprint density at radius 1 is 0.469 bits per heavy atom. The van der Waals surface area contributed by atoms with E-state index in [-0.39, 0.29) is 0 Å². The summed E-state index contributed by atoms with van der Waals surface area (Å²) in [4.78, 5) is 17.0. The molecule has 0 aliphatic rings. The van der Waals surface area contributed by atoms with Gasteiger partial charge in [-0.1, -0.05) is 80.1 Å². The molecule has 0 saturated heterocycles. The molecule has 6 heteroatoms. The molecule has 0 saturated carbocycles. The van der Waals surface area contributed by atoms with E-state index in [1.54, 1.807) is 0 Å². The summed E-state index contributed by atoms with van der Waals surface area (Å²) in [7, 11) is 1.26. The van der Waals surface area contributed by atoms with Crippen LogP contribution >= 0.6 is 0 Å². The molecule has 0 bridgehead atoms. The first kappa shape index (κ1) is 36.1. The second-order valence-corrected chi connectivity index (χ2v) is 10.5. The third kappa shape index (κ3) is 27.6. The van der Waals surface area contributed by atoms with Crippen molar-refractivity contribution < 1.29 is 23.0 Å². The van der Waals surface area contributed by atoms with Crippen LogP contribution in [-0.4, -0.2) is 71.5 Å². The Bertz CT molecular complexity index is 318. The highest BCUT2D eigenvalue weighted by Crippen LogP contribution is 2.11. The SMILES string of the molecule is CCCC[N+](C)(CCCC)CCCC.CCCC[N+](C)(CCCC)CCCC.O=[Si]([O-])[O-]. The van der Waals surface area contributed by atoms with E-state index in [9.17, 15) is 0 Å². The molecule has 0 N–H and O–H groups in total. The summed E-state index contributed by atoms with van der Waals surface area (Å²) < 4.78 is 11.1. The maximum absolute atomic E-state index is 8.52. The van der Waals surface area contributed by atoms with Crippen LogP contribution < -0.4 is 9.59 Å². The van der Waals surface area contributed by atoms with Crippen molar-refractivity contribution in [3.63, 3.8) is 0 Å². The zero-order valence-corrected chi connectivity index (χ0v) is 24.3. The molecular formula is C26H60N2O3Si. The van der Waals surface area contributed by atoms with Crippen LogP contribution in [0.25, 0.3) is 0 Å². The van der Waals surface area contributed by atoms with Gasteiger partial charge in [0.1, 0.15) is 0 Å². The zero-order valence-electron chi connectivity index (χ0n) is 23.3. The van der Waals surface area contributed by atoms with Gasteiger partial charge in [-0.15, -0.1) is 0 Å². The molecule has 0 aromatic rings. The number of hydrogen-bond donors (Lipinski definition) is 0. The smallest absolute Gasteiger partial charge is 0.0784 e. The summed E-state index contributed by atoms with van der Waals surface area (Å²) in [5.74, 6) is 0. The van der Waals surface area contributed by atoms with E-state index in [0.717, 1.165) is 0 Å². The van der Waals surface area contributed by atoms with E-state index in [2.05, 4.69) is 55.6 Å². The van der Waals surface area contributed by atoms with Gasteiger partial charge in [-0.25, -0.2) is 0 Å². The summed E-state index contributed by atoms with van der Waals surface area (Å²) in [6.07, 6.45) is 16.4. The topological polar surface area (TPSA) is 63.2 Å². The lowest BCUT2D eigenvalue weighted by molar-refractivity contribution is -0.910. The predicted octanol–water partition coefficient (Wildman–Crippen LogP) is 4.79. The average molecular weight is 477 g/mol. The number of nitrogens with zero attached hydrogens (tertiary/aromatic N) is 2. The Labute approximate surface area is 204 Å². The molecule has 0 unspecified atom stereocenters. The van der Waals surface area contributed by atoms with Gasteiger partial charge in [-0.3, -0.25) is 0 Å². The van der Waals surface area contributed by atoms with Gasteiger partial charge in [0.25, 0.3) is 0 Å². The molecular weight excluding hydrogens is 416 g/mol. The predicted molar refractivity (Wildman–Crippen MR) is 137 cm³/mol. The lowest BCUT2D eigenvalue weighted by Gasteiger charge is -2.34. The van der Waals surface area contributed by atoms with Gasteiger partial charge in [-0.05, 0) is 38.5 Å². The van der Waals surface area contributed by atoms with Crippen molar-refractivity contribution in [1.29, 1.82) is 0 Å². The Morgan fingerprint density at radius 3 is 0.688 bits per heavy atom. The maximum Gasteiger partial charge on any atom is 0.0784 e. The minimum atomic E-state index is -3.63. The van der Waals surface area contributed by atoms with Crippen LogP contribution in [0.1, 0.15) is 119 Å². The van der Waals surface area contributed by atoms with Crippen LogP contribution in [0, 0.1) is 0 Å². The summed E-state index contributed by atoms with van der Waals surface area (Å²) in [5, 5.41) is 0. The fourth-order valence-electron chi connectivity index (χ4n) is 3.91. The van der Waals surface area contributed by atoms with E-state index in [1.807, 2.05) is 0 Å². The van der Waals surface area contributed by atoms with Crippen molar-refractivity contribution >= 4 is 9.17 Å². The lowest BCUT2D eigenvalue weighted by atomic mass is 10.2. The summed E-state index contributed by atoms with van der Waals surface area (Å²) in [6.45, 7) is 22.1. The van der Waals surface area contributed by atoms with Crippen molar-refractivity contribution in [2.75, 3.05) is 53.4 Å². The van der Waals surface area contributed by atoms with Crippen molar-refractivity contribution in [3.8, 4) is 0 Å². The normalized spacial score (nSPS) is 11.2. The number of quaternary nitrogens is 2. The van der Waals surface area contributed by atoms with Crippen LogP contribution in [0.5, 0.6) is 0 Å². The quantitative estimate of drug-likeness (QED) is 0.211. The number of unbranched alkanes of at least 4 members (excludes halogenated alkanes) is 6. The molecule has 0 atom stereocenters. The zero-order chi connectivity index (χ0) is 25.3. The molecule has 0 radical (unpaired) electrons. The Morgan fingerprint density at radius 2 is 0.594 bits per heavy atom. The highest BCUT2D eigenvalue weighted by Gasteiger charge is 2.19. The number of rotatable bonds is 18. The van der Waals surface area contributed by atoms with Gasteiger partial charge in [0.2, 0.25) is 0 Å². The molecule has 0 aliphatic heterocycles. The van der Waals surface area contributed by atoms with Crippen molar-refractivity contribution in [1.82, 2.24) is 0 Å². The van der Waals surface area contributed by atoms with Crippen LogP contribution in [0.15, 0.2) is 0 Å². The summed E-state index contributed by atoms with van der Waals surface area (Å²) in [6, 6.07) is 0. The third-order valence-corrected chi connectivity index (χ3v) is 6.31. The molecule has 0 fully saturated rings. The van der Waals surface area contributed by atoms with Crippen molar-refractivity contribution in [2.24, 2.45) is 0 Å². The van der Waals surface area contributed by atoms with E-state index in [4.69, 9.17) is 14.1 Å². The molecule has 0 aromatic carbocycles. The van der Waals surface area contributed by atoms with Crippen LogP contribution in [-0.2, 0) is 4.46 Å². The van der Waals surface area contributed by atoms with Gasteiger partial charge in [0, 0.05) is 9.17 Å². The first-order chi connectivity index (χ1) is 15.1. The Hall–Kier alpha value is -0.463. The third-order valence-electron chi connectivity index (χ3n) is 6.31. The van der Waals surface area contributed by atoms with E-state index >= 15 is 0 Å². The first-order valence-electron chi connectivity index (χ1n) is 13.6. The fourth-order valence-corrected chi connectivity index (χ4v) is 3.91. The largest absolute Gasteiger partial charge is 0.672 e. The van der Waals surface area contributed by atoms with Gasteiger partial charge in [-0.2, -0.15) is 0 Å². The average Bonchev–Trinajstić information content (AvgIpc) is 2.76. The van der Waals surface area contributed by atoms with Gasteiger partial charge in [0.15, 0.2) is 0 Å². The number of hydrogen-bond acceptors (Lipinski definition) is 3. The van der Waals surface area contributed by atoms with Crippen molar-refractivity contribution in [2.45, 2.75) is 119 Å². The van der Waals surface area contributed by atoms with Crippen LogP contribution in [0.3, 0.4) is 0 Å². The van der Waals surface area contributed by atoms with E-state index < -0.39 is 9.17 Å². The highest BCUT2D eigenvalue weighted by molar-refractivity contribution is 6.17. The molecule has 0 rings (SSSR count). The molecule has 196 valence electrons. The Balaban J connectivity index is -0.000000450. The molecule has 0 spiro atoms. The minimum Gasteiger partial charge on any atom is -0.672 e. The monoisotopic (exact) mass is 476 g/mol. The molecule has 0 amide bonds. The van der Waals surface area contributed by atoms with Crippen molar-refractivity contribution in [3.05, 3.63) is 0 Å². The maximum atomic E-state index is 8.52. The molecule has 0 aliphatic carbocycles. The standard InChI is InChI=1S/2C13H30N.O3Si/c2*1-5-8-11-14(4,12-9-6-2)13-10-7-3;1-4(2)3/h2*5-13H2,1-4H3;/q2*+1;-2. The molecule has 0 aromatic heterocycles. The highest BCUT2D eigenvalue weighted by atomic mass is 28.3. The summed E-state index contributed by atoms with van der Waals surface area (Å²) in [5.41, 5.74) is 0. The fraction of sp³-hybridized carbons (Fsp3) is 1.00. The van der Waals surface area contributed by atoms with Crippen LogP contribution in [0.2, 0.25) is 0 Å².